The van der Waals surface area contributed by atoms with Crippen LogP contribution in [-0.2, 0) is 17.0 Å². The first-order chi connectivity index (χ1) is 13.4. The predicted octanol–water partition coefficient (Wildman–Crippen LogP) is 2.84. The molecule has 0 radical (unpaired) electrons. The van der Waals surface area contributed by atoms with Crippen LogP contribution in [0.3, 0.4) is 0 Å². The Morgan fingerprint density at radius 3 is 3.11 bits per heavy atom. The van der Waals surface area contributed by atoms with Crippen LogP contribution < -0.4 is 11.1 Å². The highest BCUT2D eigenvalue weighted by atomic mass is 32.2. The van der Waals surface area contributed by atoms with E-state index in [9.17, 15) is 9.18 Å². The third-order valence-corrected chi connectivity index (χ3v) is 6.84. The highest BCUT2D eigenvalue weighted by molar-refractivity contribution is 8.13. The summed E-state index contributed by atoms with van der Waals surface area (Å²) in [6.07, 6.45) is 1.02. The van der Waals surface area contributed by atoms with Crippen molar-refractivity contribution in [1.29, 1.82) is 0 Å². The van der Waals surface area contributed by atoms with Crippen molar-refractivity contribution in [3.63, 3.8) is 0 Å². The number of aryl methyl sites for hydroxylation is 1. The number of carbonyl (C=O) groups excluding carboxylic acids is 1. The van der Waals surface area contributed by atoms with Crippen molar-refractivity contribution in [1.82, 2.24) is 9.97 Å². The zero-order valence-corrected chi connectivity index (χ0v) is 17.0. The molecule has 28 heavy (non-hydrogen) atoms. The van der Waals surface area contributed by atoms with Crippen molar-refractivity contribution in [3.8, 4) is 0 Å². The molecule has 8 nitrogen and oxygen atoms in total. The first-order valence-corrected chi connectivity index (χ1v) is 10.7. The van der Waals surface area contributed by atoms with Crippen LogP contribution in [0.2, 0.25) is 0 Å². The number of nitrogens with two attached hydrogens (primary N) is 1. The van der Waals surface area contributed by atoms with E-state index in [1.54, 1.807) is 24.1 Å². The van der Waals surface area contributed by atoms with Crippen molar-refractivity contribution in [2.75, 3.05) is 17.7 Å². The number of amidine groups is 1. The van der Waals surface area contributed by atoms with Crippen LogP contribution in [0, 0.1) is 12.8 Å². The Kier molecular flexibility index (Phi) is 5.15. The molecule has 1 saturated heterocycles. The number of oxazole rings is 1. The van der Waals surface area contributed by atoms with Crippen LogP contribution in [0.5, 0.6) is 0 Å². The van der Waals surface area contributed by atoms with Gasteiger partial charge in [0, 0.05) is 24.0 Å². The number of anilines is 1. The van der Waals surface area contributed by atoms with Crippen molar-refractivity contribution in [2.45, 2.75) is 38.6 Å². The maximum atomic E-state index is 13.0. The molecule has 0 aromatic carbocycles. The zero-order valence-electron chi connectivity index (χ0n) is 15.4. The smallest absolute Gasteiger partial charge is 0.279 e. The number of thioether (sulfide) groups is 1. The van der Waals surface area contributed by atoms with Gasteiger partial charge in [0.15, 0.2) is 22.5 Å². The van der Waals surface area contributed by atoms with E-state index in [0.29, 0.717) is 17.6 Å². The normalized spacial score (nSPS) is 27.2. The summed E-state index contributed by atoms with van der Waals surface area (Å²) in [5.74, 6) is 1.03. The molecular formula is C17H20FN5O3S2. The lowest BCUT2D eigenvalue weighted by Gasteiger charge is -2.44. The van der Waals surface area contributed by atoms with Gasteiger partial charge in [-0.05, 0) is 13.3 Å². The van der Waals surface area contributed by atoms with Gasteiger partial charge in [0.2, 0.25) is 0 Å². The minimum atomic E-state index is -0.905. The molecule has 0 unspecified atom stereocenters. The molecule has 3 atom stereocenters. The molecule has 2 aromatic rings. The number of alkyl halides is 1. The average molecular weight is 426 g/mol. The molecule has 0 spiro atoms. The quantitative estimate of drug-likeness (QED) is 0.774. The van der Waals surface area contributed by atoms with Crippen LogP contribution in [0.15, 0.2) is 14.8 Å². The van der Waals surface area contributed by atoms with Crippen molar-refractivity contribution < 1.29 is 18.3 Å². The Bertz CT molecular complexity index is 930. The number of thiazole rings is 1. The van der Waals surface area contributed by atoms with Gasteiger partial charge in [-0.25, -0.2) is 19.4 Å². The van der Waals surface area contributed by atoms with E-state index in [-0.39, 0.29) is 29.4 Å². The molecule has 4 heterocycles. The van der Waals surface area contributed by atoms with Crippen molar-refractivity contribution in [3.05, 3.63) is 27.7 Å². The summed E-state index contributed by atoms with van der Waals surface area (Å²) in [5, 5.41) is 5.65. The van der Waals surface area contributed by atoms with E-state index in [1.165, 1.54) is 11.3 Å². The van der Waals surface area contributed by atoms with E-state index >= 15 is 0 Å². The molecule has 0 saturated carbocycles. The molecule has 0 aliphatic carbocycles. The third kappa shape index (κ3) is 3.42. The van der Waals surface area contributed by atoms with Gasteiger partial charge in [-0.15, -0.1) is 11.3 Å². The van der Waals surface area contributed by atoms with Gasteiger partial charge in [-0.3, -0.25) is 4.79 Å². The number of aromatic nitrogens is 2. The van der Waals surface area contributed by atoms with Gasteiger partial charge in [-0.2, -0.15) is 0 Å². The summed E-state index contributed by atoms with van der Waals surface area (Å²) in [6.45, 7) is 3.10. The molecule has 1 fully saturated rings. The summed E-state index contributed by atoms with van der Waals surface area (Å²) < 4.78 is 24.0. The minimum Gasteiger partial charge on any atom is -0.442 e. The Morgan fingerprint density at radius 2 is 2.32 bits per heavy atom. The largest absolute Gasteiger partial charge is 0.442 e. The van der Waals surface area contributed by atoms with E-state index < -0.39 is 18.1 Å². The topological polar surface area (TPSA) is 116 Å². The molecule has 2 aliphatic rings. The third-order valence-electron chi connectivity index (χ3n) is 4.88. The van der Waals surface area contributed by atoms with Crippen LogP contribution in [-0.4, -0.2) is 39.5 Å². The van der Waals surface area contributed by atoms with Crippen LogP contribution in [0.1, 0.15) is 40.5 Å². The standard InChI is InChI=1S/C17H20FN5O3S2/c1-8-3-10-5-28-16(19)23-17(10,7-25-8)15-22-12(6-27-15)21-14(24)13-11(4-18)26-9(2)20-13/h6,8,10H,3-5,7H2,1-2H3,(H2,19,23)(H,21,24)/t8-,10-,17-/m0/s1. The molecule has 2 aliphatic heterocycles. The van der Waals surface area contributed by atoms with Crippen molar-refractivity contribution >= 4 is 40.0 Å². The summed E-state index contributed by atoms with van der Waals surface area (Å²) in [4.78, 5) is 25.7. The Hall–Kier alpha value is -1.98. The molecule has 4 rings (SSSR count). The van der Waals surface area contributed by atoms with Crippen LogP contribution >= 0.6 is 23.1 Å². The number of aliphatic imine (C=N–C) groups is 1. The SMILES string of the molecule is Cc1nc(C(=O)Nc2csc([C@]34CO[C@@H](C)C[C@H]3CSC(N)=N4)n2)c(CF)o1. The minimum absolute atomic E-state index is 0.0725. The van der Waals surface area contributed by atoms with Gasteiger partial charge in [0.25, 0.3) is 5.91 Å². The highest BCUT2D eigenvalue weighted by Gasteiger charge is 2.49. The molecular weight excluding hydrogens is 405 g/mol. The van der Waals surface area contributed by atoms with E-state index in [1.807, 2.05) is 6.92 Å². The molecule has 11 heteroatoms. The lowest BCUT2D eigenvalue weighted by Crippen LogP contribution is -2.49. The summed E-state index contributed by atoms with van der Waals surface area (Å²) >= 11 is 2.94. The number of amides is 1. The second-order valence-corrected chi connectivity index (χ2v) is 8.77. The number of hydrogen-bond donors (Lipinski definition) is 2. The fraction of sp³-hybridized carbons (Fsp3) is 0.529. The highest BCUT2D eigenvalue weighted by Crippen LogP contribution is 2.47. The molecule has 2 aromatic heterocycles. The lowest BCUT2D eigenvalue weighted by molar-refractivity contribution is -0.0466. The Labute approximate surface area is 169 Å². The van der Waals surface area contributed by atoms with Gasteiger partial charge in [0.1, 0.15) is 23.0 Å². The first-order valence-electron chi connectivity index (χ1n) is 8.80. The van der Waals surface area contributed by atoms with E-state index in [4.69, 9.17) is 19.9 Å². The van der Waals surface area contributed by atoms with Gasteiger partial charge in [-0.1, -0.05) is 11.8 Å². The number of ether oxygens (including phenoxy) is 1. The number of rotatable bonds is 4. The number of hydrogen-bond acceptors (Lipinski definition) is 9. The molecule has 0 bridgehead atoms. The van der Waals surface area contributed by atoms with Gasteiger partial charge < -0.3 is 20.2 Å². The monoisotopic (exact) mass is 425 g/mol. The van der Waals surface area contributed by atoms with Crippen LogP contribution in [0.25, 0.3) is 0 Å². The molecule has 3 N–H and O–H groups in total. The predicted molar refractivity (Wildman–Crippen MR) is 105 cm³/mol. The summed E-state index contributed by atoms with van der Waals surface area (Å²) in [7, 11) is 0. The van der Waals surface area contributed by atoms with Gasteiger partial charge in [0.05, 0.1) is 12.7 Å². The second-order valence-electron chi connectivity index (χ2n) is 6.87. The Balaban J connectivity index is 1.60. The lowest BCUT2D eigenvalue weighted by atomic mass is 9.80. The van der Waals surface area contributed by atoms with E-state index in [0.717, 1.165) is 17.2 Å². The summed E-state index contributed by atoms with van der Waals surface area (Å²) in [5.41, 5.74) is 5.30. The summed E-state index contributed by atoms with van der Waals surface area (Å²) in [6, 6.07) is 0. The maximum Gasteiger partial charge on any atom is 0.279 e. The molecule has 150 valence electrons. The number of carbonyl (C=O) groups is 1. The maximum absolute atomic E-state index is 13.0. The zero-order chi connectivity index (χ0) is 19.9. The first kappa shape index (κ1) is 19.3. The van der Waals surface area contributed by atoms with Crippen LogP contribution in [0.4, 0.5) is 10.2 Å². The van der Waals surface area contributed by atoms with Gasteiger partial charge >= 0.3 is 0 Å². The number of nitrogens with one attached hydrogen (secondary N) is 1. The second kappa shape index (κ2) is 7.45. The average Bonchev–Trinajstić information content (AvgIpc) is 3.28. The number of nitrogens with zero attached hydrogens (tertiary/aromatic N) is 3. The van der Waals surface area contributed by atoms with E-state index in [2.05, 4.69) is 15.3 Å². The molecule has 1 amide bonds. The van der Waals surface area contributed by atoms with Crippen molar-refractivity contribution in [2.24, 2.45) is 16.6 Å². The fourth-order valence-electron chi connectivity index (χ4n) is 3.52. The fourth-order valence-corrected chi connectivity index (χ4v) is 5.49. The number of halogens is 1. The Morgan fingerprint density at radius 1 is 1.50 bits per heavy atom. The number of fused-ring (bicyclic) bond motifs is 1.